The van der Waals surface area contributed by atoms with Crippen LogP contribution in [0.5, 0.6) is 0 Å². The first-order chi connectivity index (χ1) is 11.8. The third kappa shape index (κ3) is 7.09. The molecule has 1 atom stereocenters. The van der Waals surface area contributed by atoms with Crippen LogP contribution in [0.25, 0.3) is 0 Å². The van der Waals surface area contributed by atoms with Crippen LogP contribution in [0.1, 0.15) is 0 Å². The molecule has 0 spiro atoms. The van der Waals surface area contributed by atoms with Crippen molar-refractivity contribution in [1.82, 2.24) is 4.90 Å². The van der Waals surface area contributed by atoms with Crippen molar-refractivity contribution >= 4 is 11.4 Å². The van der Waals surface area contributed by atoms with E-state index in [4.69, 9.17) is 0 Å². The van der Waals surface area contributed by atoms with Gasteiger partial charge in [0.1, 0.15) is 0 Å². The first-order valence-corrected chi connectivity index (χ1v) is 8.16. The number of benzene rings is 2. The van der Waals surface area contributed by atoms with Crippen molar-refractivity contribution < 1.29 is 39.4 Å². The Morgan fingerprint density at radius 2 is 1.15 bits per heavy atom. The fraction of sp³-hybridized carbons (Fsp3) is 0.368. The predicted molar refractivity (Wildman–Crippen MR) is 93.5 cm³/mol. The number of anilines is 2. The van der Waals surface area contributed by atoms with Gasteiger partial charge in [-0.05, 0) is 37.4 Å². The number of rotatable bonds is 10. The van der Waals surface area contributed by atoms with Crippen molar-refractivity contribution in [3.05, 3.63) is 60.7 Å². The minimum atomic E-state index is -0.381. The van der Waals surface area contributed by atoms with Gasteiger partial charge in [-0.3, -0.25) is 0 Å². The third-order valence-electron chi connectivity index (χ3n) is 3.99. The summed E-state index contributed by atoms with van der Waals surface area (Å²) in [6, 6.07) is 19.2. The first kappa shape index (κ1) is 24.6. The van der Waals surface area contributed by atoms with Gasteiger partial charge < -0.3 is 30.6 Å². The average molecular weight is 396 g/mol. The quantitative estimate of drug-likeness (QED) is 0.499. The van der Waals surface area contributed by atoms with E-state index in [1.54, 1.807) is 4.90 Å². The summed E-state index contributed by atoms with van der Waals surface area (Å²) in [7, 11) is 0. The van der Waals surface area contributed by atoms with Crippen molar-refractivity contribution in [2.24, 2.45) is 0 Å². The Bertz CT molecular complexity index is 529. The number of hydrogen-bond acceptors (Lipinski definition) is 5. The van der Waals surface area contributed by atoms with Crippen LogP contribution in [-0.2, 0) is 18.6 Å². The number of hydrogen-bond donors (Lipinski definition) is 0. The molecule has 0 aliphatic carbocycles. The molecule has 0 aliphatic rings. The van der Waals surface area contributed by atoms with E-state index < -0.39 is 0 Å². The van der Waals surface area contributed by atoms with E-state index in [1.807, 2.05) is 60.7 Å². The SMILES string of the molecule is O.[O-]CCN(CC[O-])C(C[O-])CN(c1ccccc1)c1ccccc1.[V]. The minimum Gasteiger partial charge on any atom is -0.854 e. The molecule has 0 amide bonds. The van der Waals surface area contributed by atoms with Crippen LogP contribution in [0, 0.1) is 0 Å². The zero-order chi connectivity index (χ0) is 17.2. The second kappa shape index (κ2) is 13.8. The summed E-state index contributed by atoms with van der Waals surface area (Å²) >= 11 is 0. The van der Waals surface area contributed by atoms with E-state index in [1.165, 1.54) is 0 Å². The summed E-state index contributed by atoms with van der Waals surface area (Å²) < 4.78 is 0. The first-order valence-electron chi connectivity index (χ1n) is 8.16. The van der Waals surface area contributed by atoms with E-state index in [0.717, 1.165) is 11.4 Å². The smallest absolute Gasteiger partial charge is 0.0411 e. The molecule has 26 heavy (non-hydrogen) atoms. The molecule has 0 fully saturated rings. The Balaban J connectivity index is 0.00000312. The molecule has 0 saturated carbocycles. The van der Waals surface area contributed by atoms with Crippen molar-refractivity contribution in [2.75, 3.05) is 44.4 Å². The van der Waals surface area contributed by atoms with Gasteiger partial charge in [-0.1, -0.05) is 36.4 Å². The van der Waals surface area contributed by atoms with E-state index in [0.29, 0.717) is 6.54 Å². The third-order valence-corrected chi connectivity index (χ3v) is 3.99. The maximum Gasteiger partial charge on any atom is 0.0411 e. The molecule has 0 aliphatic heterocycles. The summed E-state index contributed by atoms with van der Waals surface area (Å²) in [5.41, 5.74) is 1.96. The molecule has 1 radical (unpaired) electrons. The Morgan fingerprint density at radius 1 is 0.731 bits per heavy atom. The summed E-state index contributed by atoms with van der Waals surface area (Å²) in [4.78, 5) is 3.79. The fourth-order valence-corrected chi connectivity index (χ4v) is 2.77. The van der Waals surface area contributed by atoms with Crippen LogP contribution in [0.3, 0.4) is 0 Å². The van der Waals surface area contributed by atoms with Gasteiger partial charge in [0.2, 0.25) is 0 Å². The van der Waals surface area contributed by atoms with E-state index in [9.17, 15) is 15.3 Å². The van der Waals surface area contributed by atoms with Crippen LogP contribution in [0.15, 0.2) is 60.7 Å². The predicted octanol–water partition coefficient (Wildman–Crippen LogP) is -1.25. The van der Waals surface area contributed by atoms with Gasteiger partial charge in [-0.15, -0.1) is 19.8 Å². The molecule has 0 heterocycles. The van der Waals surface area contributed by atoms with Crippen LogP contribution in [-0.4, -0.2) is 55.9 Å². The van der Waals surface area contributed by atoms with Gasteiger partial charge in [0.05, 0.1) is 0 Å². The Morgan fingerprint density at radius 3 is 1.50 bits per heavy atom. The van der Waals surface area contributed by atoms with Gasteiger partial charge in [0.15, 0.2) is 0 Å². The molecule has 2 rings (SSSR count). The number of nitrogens with zero attached hydrogens (tertiary/aromatic N) is 2. The molecule has 0 aromatic heterocycles. The van der Waals surface area contributed by atoms with Gasteiger partial charge in [-0.2, -0.15) is 0 Å². The second-order valence-corrected chi connectivity index (χ2v) is 5.55. The summed E-state index contributed by atoms with van der Waals surface area (Å²) in [6.45, 7) is -0.0762. The van der Waals surface area contributed by atoms with Gasteiger partial charge in [0.25, 0.3) is 0 Å². The monoisotopic (exact) mass is 396 g/mol. The zero-order valence-corrected chi connectivity index (χ0v) is 16.1. The molecule has 143 valence electrons. The van der Waals surface area contributed by atoms with Crippen LogP contribution in [0.2, 0.25) is 0 Å². The molecular weight excluding hydrogens is 371 g/mol. The van der Waals surface area contributed by atoms with Crippen molar-refractivity contribution in [1.29, 1.82) is 0 Å². The Hall–Kier alpha value is -1.38. The maximum atomic E-state index is 11.7. The normalized spacial score (nSPS) is 11.4. The topological polar surface area (TPSA) is 107 Å². The minimum absolute atomic E-state index is 0. The molecule has 0 saturated heterocycles. The van der Waals surface area contributed by atoms with Crippen LogP contribution < -0.4 is 20.2 Å². The molecule has 2 aromatic rings. The molecule has 7 heteroatoms. The Kier molecular flexibility index (Phi) is 13.0. The average Bonchev–Trinajstić information content (AvgIpc) is 2.64. The van der Waals surface area contributed by atoms with Gasteiger partial charge in [-0.25, -0.2) is 0 Å². The molecule has 1 unspecified atom stereocenters. The molecule has 2 N–H and O–H groups in total. The van der Waals surface area contributed by atoms with Gasteiger partial charge >= 0.3 is 0 Å². The van der Waals surface area contributed by atoms with Crippen molar-refractivity contribution in [3.63, 3.8) is 0 Å². The van der Waals surface area contributed by atoms with Crippen LogP contribution >= 0.6 is 0 Å². The summed E-state index contributed by atoms with van der Waals surface area (Å²) in [5, 5.41) is 33.8. The standard InChI is InChI=1S/C19H23N2O3.H2O.V/c22-13-11-20(12-14-23)19(16-24)15-21(17-7-3-1-4-8-17)18-9-5-2-6-10-18;;/h1-10,19H,11-16H2;1H2;/q-3;;. The number of para-hydroxylation sites is 2. The largest absolute Gasteiger partial charge is 0.854 e. The molecule has 2 aromatic carbocycles. The second-order valence-electron chi connectivity index (χ2n) is 5.55. The molecule has 0 bridgehead atoms. The van der Waals surface area contributed by atoms with E-state index in [-0.39, 0.29) is 63.0 Å². The molecular formula is C19H25N2O4V-3. The van der Waals surface area contributed by atoms with Crippen molar-refractivity contribution in [2.45, 2.75) is 6.04 Å². The summed E-state index contributed by atoms with van der Waals surface area (Å²) in [6.07, 6.45) is 0. The summed E-state index contributed by atoms with van der Waals surface area (Å²) in [5.74, 6) is 0. The Labute approximate surface area is 166 Å². The molecule has 6 nitrogen and oxygen atoms in total. The van der Waals surface area contributed by atoms with Crippen molar-refractivity contribution in [3.8, 4) is 0 Å². The van der Waals surface area contributed by atoms with Crippen LogP contribution in [0.4, 0.5) is 11.4 Å². The van der Waals surface area contributed by atoms with E-state index >= 15 is 0 Å². The van der Waals surface area contributed by atoms with Gasteiger partial charge in [0, 0.05) is 42.5 Å². The fourth-order valence-electron chi connectivity index (χ4n) is 2.77. The van der Waals surface area contributed by atoms with E-state index in [2.05, 4.69) is 4.90 Å². The zero-order valence-electron chi connectivity index (χ0n) is 14.7. The maximum absolute atomic E-state index is 11.7.